The first-order valence-electron chi connectivity index (χ1n) is 5.80. The lowest BCUT2D eigenvalue weighted by atomic mass is 10.1. The number of pyridine rings is 1. The first kappa shape index (κ1) is 14.7. The lowest BCUT2D eigenvalue weighted by Crippen LogP contribution is -2.29. The number of aromatic nitrogens is 1. The fraction of sp³-hybridized carbons (Fsp3) is 0.308. The largest absolute Gasteiger partial charge is 0.359 e. The second kappa shape index (κ2) is 7.84. The van der Waals surface area contributed by atoms with Crippen LogP contribution in [0.3, 0.4) is 0 Å². The Bertz CT molecular complexity index is 517. The lowest BCUT2D eigenvalue weighted by Gasteiger charge is -2.06. The highest BCUT2D eigenvalue weighted by Crippen LogP contribution is 2.05. The zero-order chi connectivity index (χ0) is 14.1. The van der Waals surface area contributed by atoms with Crippen molar-refractivity contribution in [3.05, 3.63) is 29.6 Å². The minimum Gasteiger partial charge on any atom is -0.359 e. The lowest BCUT2D eigenvalue weighted by molar-refractivity contribution is -0.120. The number of nitrogens with zero attached hydrogens (tertiary/aromatic N) is 1. The first-order valence-corrected chi connectivity index (χ1v) is 5.80. The van der Waals surface area contributed by atoms with Gasteiger partial charge in [0.25, 0.3) is 5.91 Å². The average molecular weight is 260 g/mol. The molecule has 0 saturated heterocycles. The molecule has 2 amide bonds. The van der Waals surface area contributed by atoms with Gasteiger partial charge in [-0.2, -0.15) is 0 Å². The van der Waals surface area contributed by atoms with Crippen molar-refractivity contribution in [3.63, 3.8) is 0 Å². The fourth-order valence-corrected chi connectivity index (χ4v) is 1.35. The number of carbonyl (C=O) groups excluding carboxylic acids is 2. The van der Waals surface area contributed by atoms with Gasteiger partial charge in [0.2, 0.25) is 5.91 Å². The van der Waals surface area contributed by atoms with Crippen LogP contribution in [-0.4, -0.2) is 36.9 Å². The predicted molar refractivity (Wildman–Crippen MR) is 71.2 cm³/mol. The molecule has 0 bridgehead atoms. The summed E-state index contributed by atoms with van der Waals surface area (Å²) in [6.07, 6.45) is 3.26. The topological polar surface area (TPSA) is 97.1 Å². The summed E-state index contributed by atoms with van der Waals surface area (Å²) in [5.41, 5.74) is 6.24. The Kier molecular flexibility index (Phi) is 6.06. The van der Waals surface area contributed by atoms with E-state index in [1.165, 1.54) is 12.4 Å². The molecule has 0 aliphatic carbocycles. The van der Waals surface area contributed by atoms with Crippen molar-refractivity contribution in [1.29, 1.82) is 0 Å². The highest BCUT2D eigenvalue weighted by Gasteiger charge is 2.09. The molecule has 1 aromatic rings. The van der Waals surface area contributed by atoms with E-state index in [0.29, 0.717) is 11.1 Å². The van der Waals surface area contributed by atoms with Crippen LogP contribution in [0.5, 0.6) is 0 Å². The molecule has 1 aromatic heterocycles. The molecule has 0 aromatic carbocycles. The third kappa shape index (κ3) is 4.77. The standard InChI is InChI=1S/C13H16N4O2/c1-15-12(18)5-8-17-13(19)11-4-7-16-9-10(11)3-2-6-14/h4,7,9H,5-6,8,14H2,1H3,(H,15,18)(H,17,19). The molecule has 4 N–H and O–H groups in total. The van der Waals surface area contributed by atoms with Gasteiger partial charge in [0.15, 0.2) is 0 Å². The SMILES string of the molecule is CNC(=O)CCNC(=O)c1ccncc1C#CCN. The summed E-state index contributed by atoms with van der Waals surface area (Å²) in [7, 11) is 1.55. The van der Waals surface area contributed by atoms with Crippen LogP contribution in [0, 0.1) is 11.8 Å². The maximum Gasteiger partial charge on any atom is 0.252 e. The van der Waals surface area contributed by atoms with Crippen molar-refractivity contribution < 1.29 is 9.59 Å². The van der Waals surface area contributed by atoms with Crippen LogP contribution in [0.15, 0.2) is 18.5 Å². The molecule has 0 aliphatic heterocycles. The van der Waals surface area contributed by atoms with E-state index in [4.69, 9.17) is 5.73 Å². The Hall–Kier alpha value is -2.39. The van der Waals surface area contributed by atoms with Crippen LogP contribution < -0.4 is 16.4 Å². The summed E-state index contributed by atoms with van der Waals surface area (Å²) in [5.74, 6) is 5.05. The zero-order valence-electron chi connectivity index (χ0n) is 10.7. The molecule has 0 spiro atoms. The highest BCUT2D eigenvalue weighted by molar-refractivity contribution is 5.96. The second-order valence-corrected chi connectivity index (χ2v) is 3.61. The third-order valence-corrected chi connectivity index (χ3v) is 2.31. The van der Waals surface area contributed by atoms with E-state index in [2.05, 4.69) is 27.5 Å². The number of carbonyl (C=O) groups is 2. The molecule has 0 radical (unpaired) electrons. The Morgan fingerprint density at radius 3 is 2.95 bits per heavy atom. The average Bonchev–Trinajstić information content (AvgIpc) is 2.45. The summed E-state index contributed by atoms with van der Waals surface area (Å²) in [6.45, 7) is 0.483. The van der Waals surface area contributed by atoms with Crippen LogP contribution in [0.25, 0.3) is 0 Å². The summed E-state index contributed by atoms with van der Waals surface area (Å²) in [5, 5.41) is 5.14. The van der Waals surface area contributed by atoms with Gasteiger partial charge in [-0.15, -0.1) is 0 Å². The first-order chi connectivity index (χ1) is 9.19. The van der Waals surface area contributed by atoms with Gasteiger partial charge >= 0.3 is 0 Å². The van der Waals surface area contributed by atoms with E-state index in [9.17, 15) is 9.59 Å². The minimum absolute atomic E-state index is 0.127. The van der Waals surface area contributed by atoms with Crippen LogP contribution >= 0.6 is 0 Å². The molecular formula is C13H16N4O2. The molecule has 0 aliphatic rings. The molecule has 0 fully saturated rings. The van der Waals surface area contributed by atoms with Crippen LogP contribution in [0.4, 0.5) is 0 Å². The molecule has 6 nitrogen and oxygen atoms in total. The van der Waals surface area contributed by atoms with Gasteiger partial charge in [0.1, 0.15) is 0 Å². The summed E-state index contributed by atoms with van der Waals surface area (Å²) in [6, 6.07) is 1.58. The van der Waals surface area contributed by atoms with Crippen molar-refractivity contribution in [1.82, 2.24) is 15.6 Å². The summed E-state index contributed by atoms with van der Waals surface area (Å²) in [4.78, 5) is 26.9. The van der Waals surface area contributed by atoms with E-state index >= 15 is 0 Å². The summed E-state index contributed by atoms with van der Waals surface area (Å²) < 4.78 is 0. The monoisotopic (exact) mass is 260 g/mol. The van der Waals surface area contributed by atoms with E-state index < -0.39 is 0 Å². The van der Waals surface area contributed by atoms with Crippen molar-refractivity contribution in [2.45, 2.75) is 6.42 Å². The molecular weight excluding hydrogens is 244 g/mol. The van der Waals surface area contributed by atoms with Crippen molar-refractivity contribution >= 4 is 11.8 Å². The van der Waals surface area contributed by atoms with E-state index in [1.807, 2.05) is 0 Å². The minimum atomic E-state index is -0.285. The number of nitrogens with two attached hydrogens (primary N) is 1. The third-order valence-electron chi connectivity index (χ3n) is 2.31. The highest BCUT2D eigenvalue weighted by atomic mass is 16.2. The maximum atomic E-state index is 11.9. The molecule has 0 atom stereocenters. The second-order valence-electron chi connectivity index (χ2n) is 3.61. The summed E-state index contributed by atoms with van der Waals surface area (Å²) >= 11 is 0. The molecule has 100 valence electrons. The van der Waals surface area contributed by atoms with Gasteiger partial charge in [0.05, 0.1) is 17.7 Å². The van der Waals surface area contributed by atoms with Crippen LogP contribution in [-0.2, 0) is 4.79 Å². The van der Waals surface area contributed by atoms with Crippen molar-refractivity contribution in [2.24, 2.45) is 5.73 Å². The van der Waals surface area contributed by atoms with E-state index in [1.54, 1.807) is 13.1 Å². The number of hydrogen-bond donors (Lipinski definition) is 3. The number of nitrogens with one attached hydrogen (secondary N) is 2. The van der Waals surface area contributed by atoms with Crippen LogP contribution in [0.2, 0.25) is 0 Å². The van der Waals surface area contributed by atoms with Crippen LogP contribution in [0.1, 0.15) is 22.3 Å². The molecule has 1 rings (SSSR count). The fourth-order valence-electron chi connectivity index (χ4n) is 1.35. The Morgan fingerprint density at radius 1 is 1.47 bits per heavy atom. The normalized spacial score (nSPS) is 9.16. The van der Waals surface area contributed by atoms with Gasteiger partial charge in [-0.05, 0) is 6.07 Å². The molecule has 19 heavy (non-hydrogen) atoms. The molecule has 0 saturated carbocycles. The molecule has 0 unspecified atom stereocenters. The number of rotatable bonds is 4. The Labute approximate surface area is 111 Å². The molecule has 1 heterocycles. The Balaban J connectivity index is 2.69. The molecule has 6 heteroatoms. The van der Waals surface area contributed by atoms with E-state index in [-0.39, 0.29) is 31.3 Å². The maximum absolute atomic E-state index is 11.9. The van der Waals surface area contributed by atoms with Gasteiger partial charge in [-0.3, -0.25) is 14.6 Å². The van der Waals surface area contributed by atoms with Gasteiger partial charge in [-0.25, -0.2) is 0 Å². The van der Waals surface area contributed by atoms with Gasteiger partial charge in [0, 0.05) is 32.4 Å². The quantitative estimate of drug-likeness (QED) is 0.621. The Morgan fingerprint density at radius 2 is 2.26 bits per heavy atom. The number of amides is 2. The van der Waals surface area contributed by atoms with Gasteiger partial charge in [-0.1, -0.05) is 11.8 Å². The smallest absolute Gasteiger partial charge is 0.252 e. The van der Waals surface area contributed by atoms with E-state index in [0.717, 1.165) is 0 Å². The van der Waals surface area contributed by atoms with Crippen molar-refractivity contribution in [2.75, 3.05) is 20.1 Å². The van der Waals surface area contributed by atoms with Crippen molar-refractivity contribution in [3.8, 4) is 11.8 Å². The predicted octanol–water partition coefficient (Wildman–Crippen LogP) is -0.742. The van der Waals surface area contributed by atoms with Gasteiger partial charge < -0.3 is 16.4 Å². The number of hydrogen-bond acceptors (Lipinski definition) is 4. The zero-order valence-corrected chi connectivity index (χ0v) is 10.7.